The Balaban J connectivity index is 1.41. The SMILES string of the molecule is Nc1nccc2ccc(-n3nncc3C(=O)Nc3ccc(-c4ccccc4S(N)(=O)=O)cc3)cc12. The molecule has 2 aromatic heterocycles. The molecule has 5 rings (SSSR count). The molecule has 3 aromatic carbocycles. The number of fused-ring (bicyclic) bond motifs is 1. The molecular formula is C24H19N7O3S. The van der Waals surface area contributed by atoms with Crippen LogP contribution >= 0.6 is 0 Å². The summed E-state index contributed by atoms with van der Waals surface area (Å²) in [7, 11) is -3.89. The van der Waals surface area contributed by atoms with Crippen molar-refractivity contribution in [1.82, 2.24) is 20.0 Å². The molecule has 11 heteroatoms. The van der Waals surface area contributed by atoms with Gasteiger partial charge in [0.05, 0.1) is 16.8 Å². The molecule has 5 N–H and O–H groups in total. The van der Waals surface area contributed by atoms with Crippen LogP contribution in [0.5, 0.6) is 0 Å². The summed E-state index contributed by atoms with van der Waals surface area (Å²) in [5, 5.41) is 17.7. The Morgan fingerprint density at radius 1 is 0.971 bits per heavy atom. The van der Waals surface area contributed by atoms with Crippen molar-refractivity contribution >= 4 is 38.2 Å². The zero-order chi connectivity index (χ0) is 24.6. The van der Waals surface area contributed by atoms with Gasteiger partial charge in [0.15, 0.2) is 5.69 Å². The summed E-state index contributed by atoms with van der Waals surface area (Å²) in [6, 6.07) is 20.5. The maximum absolute atomic E-state index is 13.0. The van der Waals surface area contributed by atoms with Crippen LogP contribution in [-0.4, -0.2) is 34.3 Å². The molecule has 0 aliphatic heterocycles. The van der Waals surface area contributed by atoms with Crippen molar-refractivity contribution < 1.29 is 13.2 Å². The molecule has 35 heavy (non-hydrogen) atoms. The normalized spacial score (nSPS) is 11.5. The average Bonchev–Trinajstić information content (AvgIpc) is 3.34. The number of primary sulfonamides is 1. The fourth-order valence-electron chi connectivity index (χ4n) is 3.77. The van der Waals surface area contributed by atoms with Gasteiger partial charge in [-0.3, -0.25) is 4.79 Å². The highest BCUT2D eigenvalue weighted by atomic mass is 32.2. The van der Waals surface area contributed by atoms with Crippen LogP contribution in [0.15, 0.2) is 90.1 Å². The number of hydrogen-bond donors (Lipinski definition) is 3. The molecule has 2 heterocycles. The first-order valence-corrected chi connectivity index (χ1v) is 11.9. The minimum Gasteiger partial charge on any atom is -0.383 e. The van der Waals surface area contributed by atoms with Gasteiger partial charge in [-0.2, -0.15) is 0 Å². The van der Waals surface area contributed by atoms with E-state index in [2.05, 4.69) is 20.6 Å². The molecule has 0 fully saturated rings. The van der Waals surface area contributed by atoms with Crippen LogP contribution < -0.4 is 16.2 Å². The third-order valence-electron chi connectivity index (χ3n) is 5.45. The molecule has 0 spiro atoms. The van der Waals surface area contributed by atoms with Crippen molar-refractivity contribution in [3.8, 4) is 16.8 Å². The van der Waals surface area contributed by atoms with Gasteiger partial charge in [-0.15, -0.1) is 5.10 Å². The maximum Gasteiger partial charge on any atom is 0.276 e. The van der Waals surface area contributed by atoms with Crippen LogP contribution in [0.25, 0.3) is 27.6 Å². The van der Waals surface area contributed by atoms with Crippen molar-refractivity contribution in [3.63, 3.8) is 0 Å². The smallest absolute Gasteiger partial charge is 0.276 e. The summed E-state index contributed by atoms with van der Waals surface area (Å²) >= 11 is 0. The van der Waals surface area contributed by atoms with E-state index in [9.17, 15) is 13.2 Å². The van der Waals surface area contributed by atoms with E-state index in [-0.39, 0.29) is 10.6 Å². The number of nitrogens with zero attached hydrogens (tertiary/aromatic N) is 4. The topological polar surface area (TPSA) is 159 Å². The van der Waals surface area contributed by atoms with Gasteiger partial charge in [-0.25, -0.2) is 23.2 Å². The summed E-state index contributed by atoms with van der Waals surface area (Å²) in [5.74, 6) is -0.0495. The highest BCUT2D eigenvalue weighted by Crippen LogP contribution is 2.28. The second-order valence-corrected chi connectivity index (χ2v) is 9.24. The van der Waals surface area contributed by atoms with Crippen LogP contribution in [0, 0.1) is 0 Å². The van der Waals surface area contributed by atoms with E-state index in [0.29, 0.717) is 28.3 Å². The lowest BCUT2D eigenvalue weighted by Crippen LogP contribution is -2.17. The van der Waals surface area contributed by atoms with Gasteiger partial charge in [0.2, 0.25) is 10.0 Å². The van der Waals surface area contributed by atoms with Crippen LogP contribution in [0.1, 0.15) is 10.5 Å². The molecule has 0 atom stereocenters. The second-order valence-electron chi connectivity index (χ2n) is 7.71. The first-order valence-electron chi connectivity index (χ1n) is 10.4. The van der Waals surface area contributed by atoms with Crippen LogP contribution in [0.2, 0.25) is 0 Å². The number of hydrogen-bond acceptors (Lipinski definition) is 7. The molecule has 0 radical (unpaired) electrons. The Labute approximate surface area is 200 Å². The number of nitrogen functional groups attached to an aromatic ring is 1. The van der Waals surface area contributed by atoms with Gasteiger partial charge in [-0.1, -0.05) is 41.6 Å². The third kappa shape index (κ3) is 4.33. The maximum atomic E-state index is 13.0. The predicted octanol–water partition coefficient (Wildman–Crippen LogP) is 2.96. The number of nitrogens with two attached hydrogens (primary N) is 2. The summed E-state index contributed by atoms with van der Waals surface area (Å²) in [6.07, 6.45) is 2.99. The van der Waals surface area contributed by atoms with Crippen LogP contribution in [0.4, 0.5) is 11.5 Å². The Morgan fingerprint density at radius 2 is 1.74 bits per heavy atom. The lowest BCUT2D eigenvalue weighted by Gasteiger charge is -2.11. The minimum atomic E-state index is -3.89. The molecule has 1 amide bonds. The molecule has 0 bridgehead atoms. The standard InChI is InChI=1S/C24H19N7O3S/c25-23-20-13-18(10-7-16(20)11-12-27-23)31-21(14-28-30-31)24(32)29-17-8-5-15(6-9-17)19-3-1-2-4-22(19)35(26,33)34/h1-14H,(H2,25,27)(H,29,32)(H2,26,33,34). The summed E-state index contributed by atoms with van der Waals surface area (Å²) in [5.41, 5.74) is 8.43. The molecular weight excluding hydrogens is 466 g/mol. The van der Waals surface area contributed by atoms with Crippen molar-refractivity contribution in [2.75, 3.05) is 11.1 Å². The first-order chi connectivity index (χ1) is 16.8. The lowest BCUT2D eigenvalue weighted by molar-refractivity contribution is 0.101. The number of carbonyl (C=O) groups excluding carboxylic acids is 1. The summed E-state index contributed by atoms with van der Waals surface area (Å²) < 4.78 is 25.2. The molecule has 5 aromatic rings. The molecule has 0 saturated carbocycles. The number of anilines is 2. The van der Waals surface area contributed by atoms with Crippen molar-refractivity contribution in [3.05, 3.63) is 90.9 Å². The Morgan fingerprint density at radius 3 is 2.51 bits per heavy atom. The number of carbonyl (C=O) groups is 1. The van der Waals surface area contributed by atoms with Crippen molar-refractivity contribution in [1.29, 1.82) is 0 Å². The number of amides is 1. The number of nitrogens with one attached hydrogen (secondary N) is 1. The van der Waals surface area contributed by atoms with E-state index in [4.69, 9.17) is 10.9 Å². The molecule has 10 nitrogen and oxygen atoms in total. The molecule has 0 aliphatic rings. The average molecular weight is 486 g/mol. The number of rotatable bonds is 5. The van der Waals surface area contributed by atoms with E-state index in [1.54, 1.807) is 54.7 Å². The van der Waals surface area contributed by atoms with Crippen LogP contribution in [0.3, 0.4) is 0 Å². The number of aromatic nitrogens is 4. The number of pyridine rings is 1. The van der Waals surface area contributed by atoms with Crippen molar-refractivity contribution in [2.45, 2.75) is 4.90 Å². The highest BCUT2D eigenvalue weighted by Gasteiger charge is 2.17. The Bertz CT molecular complexity index is 1680. The molecule has 0 aliphatic carbocycles. The van der Waals surface area contributed by atoms with E-state index in [0.717, 1.165) is 10.8 Å². The summed E-state index contributed by atoms with van der Waals surface area (Å²) in [6.45, 7) is 0. The Kier molecular flexibility index (Phi) is 5.47. The zero-order valence-corrected chi connectivity index (χ0v) is 19.0. The Hall–Kier alpha value is -4.61. The minimum absolute atomic E-state index is 0.0259. The van der Waals surface area contributed by atoms with E-state index < -0.39 is 15.9 Å². The van der Waals surface area contributed by atoms with Crippen LogP contribution in [-0.2, 0) is 10.0 Å². The third-order valence-corrected chi connectivity index (χ3v) is 6.42. The van der Waals surface area contributed by atoms with E-state index >= 15 is 0 Å². The lowest BCUT2D eigenvalue weighted by atomic mass is 10.1. The van der Waals surface area contributed by atoms with Gasteiger partial charge < -0.3 is 11.1 Å². The highest BCUT2D eigenvalue weighted by molar-refractivity contribution is 7.89. The first kappa shape index (κ1) is 22.2. The zero-order valence-electron chi connectivity index (χ0n) is 18.2. The van der Waals surface area contributed by atoms with Gasteiger partial charge in [-0.05, 0) is 47.3 Å². The van der Waals surface area contributed by atoms with Gasteiger partial charge in [0.25, 0.3) is 5.91 Å². The molecule has 174 valence electrons. The fraction of sp³-hybridized carbons (Fsp3) is 0. The van der Waals surface area contributed by atoms with E-state index in [1.165, 1.54) is 16.9 Å². The largest absolute Gasteiger partial charge is 0.383 e. The van der Waals surface area contributed by atoms with Gasteiger partial charge in [0, 0.05) is 22.8 Å². The van der Waals surface area contributed by atoms with Gasteiger partial charge in [0.1, 0.15) is 5.82 Å². The predicted molar refractivity (Wildman–Crippen MR) is 132 cm³/mol. The molecule has 0 saturated heterocycles. The molecule has 0 unspecified atom stereocenters. The summed E-state index contributed by atoms with van der Waals surface area (Å²) in [4.78, 5) is 17.1. The number of benzene rings is 3. The monoisotopic (exact) mass is 485 g/mol. The van der Waals surface area contributed by atoms with E-state index in [1.807, 2.05) is 18.2 Å². The second kappa shape index (κ2) is 8.63. The quantitative estimate of drug-likeness (QED) is 0.345. The fourth-order valence-corrected chi connectivity index (χ4v) is 4.53. The number of sulfonamides is 1. The van der Waals surface area contributed by atoms with Crippen molar-refractivity contribution in [2.24, 2.45) is 5.14 Å². The van der Waals surface area contributed by atoms with Gasteiger partial charge >= 0.3 is 0 Å².